The van der Waals surface area contributed by atoms with E-state index in [9.17, 15) is 9.59 Å². The largest absolute Gasteiger partial charge is 0.459 e. The number of aliphatic hydroxyl groups is 1. The van der Waals surface area contributed by atoms with Crippen LogP contribution in [0.4, 0.5) is 4.79 Å². The Labute approximate surface area is 157 Å². The van der Waals surface area contributed by atoms with Crippen molar-refractivity contribution in [2.75, 3.05) is 32.8 Å². The van der Waals surface area contributed by atoms with E-state index in [1.165, 1.54) is 12.5 Å². The van der Waals surface area contributed by atoms with Gasteiger partial charge in [-0.2, -0.15) is 0 Å². The van der Waals surface area contributed by atoms with E-state index in [4.69, 9.17) is 14.3 Å². The molecule has 2 N–H and O–H groups in total. The van der Waals surface area contributed by atoms with Crippen LogP contribution in [0.1, 0.15) is 35.4 Å². The summed E-state index contributed by atoms with van der Waals surface area (Å²) >= 11 is 0. The molecule has 2 fully saturated rings. The third kappa shape index (κ3) is 4.57. The number of piperidine rings is 1. The molecule has 0 bridgehead atoms. The molecule has 1 aliphatic heterocycles. The van der Waals surface area contributed by atoms with E-state index >= 15 is 0 Å². The zero-order chi connectivity index (χ0) is 19.3. The number of furan rings is 1. The molecule has 2 aliphatic rings. The molecule has 0 radical (unpaired) electrons. The Morgan fingerprint density at radius 3 is 2.96 bits per heavy atom. The topological polar surface area (TPSA) is 104 Å². The molecular formula is C19H25N3O5. The van der Waals surface area contributed by atoms with Gasteiger partial charge in [-0.25, -0.2) is 4.79 Å². The number of aliphatic imine (C=N–C) groups is 1. The van der Waals surface area contributed by atoms with Gasteiger partial charge >= 0.3 is 6.09 Å². The zero-order valence-electron chi connectivity index (χ0n) is 15.2. The van der Waals surface area contributed by atoms with Gasteiger partial charge in [-0.3, -0.25) is 9.79 Å². The van der Waals surface area contributed by atoms with Crippen LogP contribution in [0.2, 0.25) is 0 Å². The van der Waals surface area contributed by atoms with Crippen LogP contribution in [0.25, 0.3) is 6.08 Å². The molecule has 1 atom stereocenters. The number of likely N-dealkylation sites (tertiary alicyclic amines) is 1. The molecule has 2 heterocycles. The summed E-state index contributed by atoms with van der Waals surface area (Å²) in [6.07, 6.45) is 7.26. The van der Waals surface area contributed by atoms with Crippen molar-refractivity contribution in [3.05, 3.63) is 29.9 Å². The number of rotatable bonds is 7. The number of carbonyl (C=O) groups is 2. The van der Waals surface area contributed by atoms with E-state index in [0.29, 0.717) is 25.6 Å². The molecule has 8 nitrogen and oxygen atoms in total. The molecule has 8 heteroatoms. The summed E-state index contributed by atoms with van der Waals surface area (Å²) in [5, 5.41) is 11.7. The second-order valence-corrected chi connectivity index (χ2v) is 7.04. The molecule has 1 saturated carbocycles. The molecule has 1 unspecified atom stereocenters. The molecule has 1 saturated heterocycles. The summed E-state index contributed by atoms with van der Waals surface area (Å²) in [4.78, 5) is 29.3. The summed E-state index contributed by atoms with van der Waals surface area (Å²) in [7, 11) is 0. The lowest BCUT2D eigenvalue weighted by Crippen LogP contribution is -2.40. The second-order valence-electron chi connectivity index (χ2n) is 7.04. The number of carbonyl (C=O) groups excluding carboxylic acids is 2. The van der Waals surface area contributed by atoms with Crippen molar-refractivity contribution in [3.63, 3.8) is 0 Å². The minimum atomic E-state index is -0.362. The van der Waals surface area contributed by atoms with Crippen LogP contribution in [0.3, 0.4) is 0 Å². The molecule has 1 aliphatic carbocycles. The highest BCUT2D eigenvalue weighted by molar-refractivity contribution is 5.92. The van der Waals surface area contributed by atoms with Crippen LogP contribution in [0, 0.1) is 11.3 Å². The van der Waals surface area contributed by atoms with Crippen molar-refractivity contribution in [2.24, 2.45) is 16.3 Å². The van der Waals surface area contributed by atoms with E-state index in [1.54, 1.807) is 17.0 Å². The first-order valence-corrected chi connectivity index (χ1v) is 9.10. The summed E-state index contributed by atoms with van der Waals surface area (Å²) in [5.41, 5.74) is 0.976. The minimum absolute atomic E-state index is 0.0313. The molecule has 2 amide bonds. The van der Waals surface area contributed by atoms with Gasteiger partial charge in [0.25, 0.3) is 5.91 Å². The zero-order valence-corrected chi connectivity index (χ0v) is 15.2. The van der Waals surface area contributed by atoms with Crippen LogP contribution >= 0.6 is 0 Å². The highest BCUT2D eigenvalue weighted by Crippen LogP contribution is 2.59. The Kier molecular flexibility index (Phi) is 5.95. The van der Waals surface area contributed by atoms with Gasteiger partial charge in [-0.15, -0.1) is 0 Å². The van der Waals surface area contributed by atoms with Gasteiger partial charge in [0.05, 0.1) is 12.9 Å². The lowest BCUT2D eigenvalue weighted by molar-refractivity contribution is 0.0692. The standard InChI is InChI=1S/C19H25N3O5/c1-20-5-2-14-10-16(27-13-14)17(24)21-12-15-11-19(15)3-6-22(7-4-19)18(25)26-9-8-23/h2,5,10,13,15,23H,1,3-4,6-9,11-12H2,(H,21,24)/b5-2-. The number of nitrogens with zero attached hydrogens (tertiary/aromatic N) is 2. The van der Waals surface area contributed by atoms with Gasteiger partial charge in [0.1, 0.15) is 6.61 Å². The molecule has 1 spiro atoms. The average molecular weight is 375 g/mol. The Morgan fingerprint density at radius 2 is 2.26 bits per heavy atom. The van der Waals surface area contributed by atoms with Crippen LogP contribution in [-0.4, -0.2) is 61.6 Å². The minimum Gasteiger partial charge on any atom is -0.459 e. The van der Waals surface area contributed by atoms with Crippen molar-refractivity contribution in [1.29, 1.82) is 0 Å². The first-order valence-electron chi connectivity index (χ1n) is 9.10. The molecular weight excluding hydrogens is 350 g/mol. The lowest BCUT2D eigenvalue weighted by Gasteiger charge is -2.32. The fourth-order valence-electron chi connectivity index (χ4n) is 3.69. The summed E-state index contributed by atoms with van der Waals surface area (Å²) < 4.78 is 10.2. The molecule has 1 aromatic rings. The summed E-state index contributed by atoms with van der Waals surface area (Å²) in [6, 6.07) is 1.66. The molecule has 3 rings (SSSR count). The van der Waals surface area contributed by atoms with Gasteiger partial charge in [0.15, 0.2) is 5.76 Å². The maximum atomic E-state index is 12.2. The Morgan fingerprint density at radius 1 is 1.48 bits per heavy atom. The first kappa shape index (κ1) is 19.2. The van der Waals surface area contributed by atoms with Crippen LogP contribution in [0.5, 0.6) is 0 Å². The maximum Gasteiger partial charge on any atom is 0.409 e. The Hall–Kier alpha value is -2.61. The smallest absolute Gasteiger partial charge is 0.409 e. The monoisotopic (exact) mass is 375 g/mol. The fraction of sp³-hybridized carbons (Fsp3) is 0.526. The van der Waals surface area contributed by atoms with Crippen molar-refractivity contribution in [2.45, 2.75) is 19.3 Å². The van der Waals surface area contributed by atoms with Gasteiger partial charge < -0.3 is 24.5 Å². The summed E-state index contributed by atoms with van der Waals surface area (Å²) in [6.45, 7) is 5.14. The number of hydrogen-bond acceptors (Lipinski definition) is 6. The van der Waals surface area contributed by atoms with Gasteiger partial charge in [0.2, 0.25) is 0 Å². The van der Waals surface area contributed by atoms with Crippen molar-refractivity contribution in [1.82, 2.24) is 10.2 Å². The molecule has 1 aromatic heterocycles. The predicted octanol–water partition coefficient (Wildman–Crippen LogP) is 1.91. The van der Waals surface area contributed by atoms with E-state index in [2.05, 4.69) is 17.0 Å². The second kappa shape index (κ2) is 8.39. The van der Waals surface area contributed by atoms with E-state index in [1.807, 2.05) is 0 Å². The van der Waals surface area contributed by atoms with Gasteiger partial charge in [0, 0.05) is 31.4 Å². The third-order valence-corrected chi connectivity index (χ3v) is 5.42. The third-order valence-electron chi connectivity index (χ3n) is 5.42. The van der Waals surface area contributed by atoms with Gasteiger partial charge in [-0.05, 0) is 49.5 Å². The number of nitrogens with one attached hydrogen (secondary N) is 1. The van der Waals surface area contributed by atoms with Gasteiger partial charge in [-0.1, -0.05) is 0 Å². The van der Waals surface area contributed by atoms with Crippen LogP contribution in [-0.2, 0) is 4.74 Å². The number of aliphatic hydroxyl groups excluding tert-OH is 1. The van der Waals surface area contributed by atoms with E-state index in [-0.39, 0.29) is 36.4 Å². The predicted molar refractivity (Wildman–Crippen MR) is 99.4 cm³/mol. The lowest BCUT2D eigenvalue weighted by atomic mass is 9.91. The Bertz CT molecular complexity index is 719. The normalized spacial score (nSPS) is 20.6. The maximum absolute atomic E-state index is 12.2. The fourth-order valence-corrected chi connectivity index (χ4v) is 3.69. The van der Waals surface area contributed by atoms with Crippen LogP contribution in [0.15, 0.2) is 27.9 Å². The summed E-state index contributed by atoms with van der Waals surface area (Å²) in [5.74, 6) is 0.472. The molecule has 0 aromatic carbocycles. The van der Waals surface area contributed by atoms with Crippen molar-refractivity contribution in [3.8, 4) is 0 Å². The van der Waals surface area contributed by atoms with Crippen molar-refractivity contribution >= 4 is 24.8 Å². The molecule has 27 heavy (non-hydrogen) atoms. The quantitative estimate of drug-likeness (QED) is 0.709. The number of ether oxygens (including phenoxy) is 1. The van der Waals surface area contributed by atoms with E-state index in [0.717, 1.165) is 24.8 Å². The number of amides is 2. The SMILES string of the molecule is C=N/C=C\c1coc(C(=O)NCC2CC23CCN(C(=O)OCCO)CC3)c1. The Balaban J connectivity index is 1.42. The first-order chi connectivity index (χ1) is 13.1. The average Bonchev–Trinajstić information content (AvgIpc) is 3.13. The van der Waals surface area contributed by atoms with Crippen molar-refractivity contribution < 1.29 is 23.8 Å². The van der Waals surface area contributed by atoms with E-state index < -0.39 is 0 Å². The molecule has 146 valence electrons. The number of hydrogen-bond donors (Lipinski definition) is 2. The highest BCUT2D eigenvalue weighted by atomic mass is 16.6. The highest BCUT2D eigenvalue weighted by Gasteiger charge is 2.54. The van der Waals surface area contributed by atoms with Crippen LogP contribution < -0.4 is 5.32 Å².